The summed E-state index contributed by atoms with van der Waals surface area (Å²) < 4.78 is 72.1. The Hall–Kier alpha value is -2.06. The van der Waals surface area contributed by atoms with Gasteiger partial charge in [0.05, 0.1) is 12.7 Å². The second kappa shape index (κ2) is 11.8. The van der Waals surface area contributed by atoms with E-state index in [1.807, 2.05) is 0 Å². The molecule has 0 bridgehead atoms. The Balaban J connectivity index is 1.82. The fourth-order valence-electron chi connectivity index (χ4n) is 3.17. The number of aromatic amines is 1. The molecule has 2 N–H and O–H groups in total. The van der Waals surface area contributed by atoms with Crippen LogP contribution in [0.25, 0.3) is 0 Å². The first-order valence-electron chi connectivity index (χ1n) is 11.2. The number of esters is 1. The van der Waals surface area contributed by atoms with Gasteiger partial charge >= 0.3 is 19.8 Å². The third-order valence-corrected chi connectivity index (χ3v) is 7.08. The number of halogens is 2. The molecule has 204 valence electrons. The predicted octanol–water partition coefficient (Wildman–Crippen LogP) is 5.31. The zero-order chi connectivity index (χ0) is 27.4. The number of carbonyl (C=O) groups is 1. The maximum Gasteiger partial charge on any atom is 0.459 e. The predicted molar refractivity (Wildman–Crippen MR) is 134 cm³/mol. The van der Waals surface area contributed by atoms with Gasteiger partial charge in [-0.1, -0.05) is 30.4 Å². The van der Waals surface area contributed by atoms with Gasteiger partial charge in [0, 0.05) is 6.20 Å². The Kier molecular flexibility index (Phi) is 9.38. The molecule has 2 heterocycles. The smallest absolute Gasteiger partial charge is 0.459 e. The average molecular weight is 580 g/mol. The molecule has 10 nitrogen and oxygen atoms in total. The van der Waals surface area contributed by atoms with Gasteiger partial charge in [-0.3, -0.25) is 18.6 Å². The summed E-state index contributed by atoms with van der Waals surface area (Å²) in [6, 6.07) is 5.11. The Bertz CT molecular complexity index is 1260. The number of alkyl halides is 2. The second-order valence-electron chi connectivity index (χ2n) is 8.73. The number of hydrogen-bond acceptors (Lipinski definition) is 9. The molecule has 2 unspecified atom stereocenters. The zero-order valence-electron chi connectivity index (χ0n) is 20.5. The quantitative estimate of drug-likeness (QED) is 0.218. The normalized spacial score (nSPS) is 26.3. The van der Waals surface area contributed by atoms with Crippen molar-refractivity contribution in [2.45, 2.75) is 57.8 Å². The molecule has 1 aliphatic rings. The van der Waals surface area contributed by atoms with Gasteiger partial charge in [0.2, 0.25) is 0 Å². The van der Waals surface area contributed by atoms with E-state index in [9.17, 15) is 9.36 Å². The molecule has 1 fully saturated rings. The van der Waals surface area contributed by atoms with Crippen molar-refractivity contribution in [2.75, 3.05) is 13.2 Å². The molecule has 1 aromatic carbocycles. The summed E-state index contributed by atoms with van der Waals surface area (Å²) in [5, 5.41) is 2.42. The zero-order valence-corrected chi connectivity index (χ0v) is 23.0. The molecule has 0 amide bonds. The number of carbonyl (C=O) groups excluding carboxylic acids is 1. The van der Waals surface area contributed by atoms with E-state index >= 15 is 8.78 Å². The van der Waals surface area contributed by atoms with Crippen LogP contribution in [0.15, 0.2) is 42.6 Å². The molecule has 0 radical (unpaired) electrons. The minimum absolute atomic E-state index is 0.0104. The third kappa shape index (κ3) is 7.96. The first kappa shape index (κ1) is 29.5. The van der Waals surface area contributed by atoms with E-state index in [0.717, 1.165) is 11.5 Å². The summed E-state index contributed by atoms with van der Waals surface area (Å²) in [6.45, 7) is 3.95. The number of ether oxygens (including phenoxy) is 3. The molecule has 1 aliphatic heterocycles. The monoisotopic (exact) mass is 579 g/mol. The molecule has 1 saturated heterocycles. The summed E-state index contributed by atoms with van der Waals surface area (Å²) >= 11 is 10.2. The SMILES string of the molecule is CC(C)OC(=O)[C@H](C)NP(=O)(OC[C@]1(F)OCC(C)(F)[C@H](n2ccc(=S)[nH]c2=S)O1)Oc1ccccc1. The van der Waals surface area contributed by atoms with Crippen LogP contribution in [-0.4, -0.2) is 52.6 Å². The first-order valence-corrected chi connectivity index (χ1v) is 13.6. The fourth-order valence-corrected chi connectivity index (χ4v) is 5.15. The van der Waals surface area contributed by atoms with Crippen molar-refractivity contribution in [3.8, 4) is 5.75 Å². The van der Waals surface area contributed by atoms with Crippen molar-refractivity contribution in [3.63, 3.8) is 0 Å². The van der Waals surface area contributed by atoms with Crippen molar-refractivity contribution >= 4 is 38.2 Å². The van der Waals surface area contributed by atoms with Crippen LogP contribution in [0.2, 0.25) is 0 Å². The molecule has 2 aromatic rings. The molecule has 3 rings (SSSR count). The Labute approximate surface area is 222 Å². The molecule has 0 saturated carbocycles. The van der Waals surface area contributed by atoms with Crippen LogP contribution in [0, 0.1) is 9.41 Å². The minimum atomic E-state index is -4.44. The van der Waals surface area contributed by atoms with E-state index < -0.39 is 57.0 Å². The molecule has 1 aromatic heterocycles. The topological polar surface area (TPSA) is 113 Å². The Morgan fingerprint density at radius 3 is 2.57 bits per heavy atom. The molecule has 0 spiro atoms. The van der Waals surface area contributed by atoms with Crippen LogP contribution in [0.1, 0.15) is 33.9 Å². The van der Waals surface area contributed by atoms with Crippen molar-refractivity contribution in [2.24, 2.45) is 0 Å². The summed E-state index contributed by atoms with van der Waals surface area (Å²) in [5.74, 6) is -0.624. The standard InChI is InChI=1S/C22H28F2N3O7PS2/c1-14(2)32-18(28)15(3)26-35(29,34-16-8-6-5-7-9-16)31-13-22(24)30-12-21(4,23)19(33-22)27-11-10-17(36)25-20(27)37/h5-11,14-15,19H,12-13H2,1-4H3,(H,26,29)(H,25,36,37)/t15-,19+,21?,22-,35?/m0/s1. The molecule has 15 heteroatoms. The van der Waals surface area contributed by atoms with Gasteiger partial charge in [-0.25, -0.2) is 8.96 Å². The molecule has 0 aliphatic carbocycles. The van der Waals surface area contributed by atoms with Crippen LogP contribution in [-0.2, 0) is 28.1 Å². The van der Waals surface area contributed by atoms with Gasteiger partial charge < -0.3 is 19.0 Å². The maximum absolute atomic E-state index is 15.7. The highest BCUT2D eigenvalue weighted by molar-refractivity contribution is 7.72. The van der Waals surface area contributed by atoms with Crippen molar-refractivity contribution < 1.29 is 41.4 Å². The van der Waals surface area contributed by atoms with Gasteiger partial charge in [0.15, 0.2) is 16.7 Å². The molecule has 5 atom stereocenters. The van der Waals surface area contributed by atoms with Crippen LogP contribution in [0.4, 0.5) is 8.78 Å². The summed E-state index contributed by atoms with van der Waals surface area (Å²) in [5.41, 5.74) is -2.21. The first-order chi connectivity index (χ1) is 17.2. The lowest BCUT2D eigenvalue weighted by Crippen LogP contribution is -2.53. The minimum Gasteiger partial charge on any atom is -0.462 e. The number of aromatic nitrogens is 2. The van der Waals surface area contributed by atoms with Gasteiger partial charge in [-0.2, -0.15) is 9.48 Å². The molecule has 37 heavy (non-hydrogen) atoms. The lowest BCUT2D eigenvalue weighted by molar-refractivity contribution is -0.412. The van der Waals surface area contributed by atoms with Crippen LogP contribution < -0.4 is 9.61 Å². The van der Waals surface area contributed by atoms with Gasteiger partial charge in [-0.15, -0.1) is 0 Å². The van der Waals surface area contributed by atoms with Crippen molar-refractivity contribution in [1.82, 2.24) is 14.6 Å². The highest BCUT2D eigenvalue weighted by atomic mass is 32.1. The number of nitrogens with zero attached hydrogens (tertiary/aromatic N) is 1. The Morgan fingerprint density at radius 2 is 1.95 bits per heavy atom. The number of para-hydroxylation sites is 1. The molecular formula is C22H28F2N3O7PS2. The average Bonchev–Trinajstić information content (AvgIpc) is 2.80. The molecular weight excluding hydrogens is 551 g/mol. The summed E-state index contributed by atoms with van der Waals surface area (Å²) in [6.07, 6.45) is -0.670. The maximum atomic E-state index is 15.7. The number of H-pyrrole nitrogens is 1. The highest BCUT2D eigenvalue weighted by Crippen LogP contribution is 2.47. The van der Waals surface area contributed by atoms with Crippen LogP contribution in [0.3, 0.4) is 0 Å². The largest absolute Gasteiger partial charge is 0.462 e. The number of hydrogen-bond donors (Lipinski definition) is 2. The van der Waals surface area contributed by atoms with Crippen LogP contribution in [0.5, 0.6) is 5.75 Å². The van der Waals surface area contributed by atoms with E-state index in [1.54, 1.807) is 32.0 Å². The third-order valence-electron chi connectivity index (χ3n) is 4.91. The van der Waals surface area contributed by atoms with E-state index in [0.29, 0.717) is 4.64 Å². The highest BCUT2D eigenvalue weighted by Gasteiger charge is 2.53. The summed E-state index contributed by atoms with van der Waals surface area (Å²) in [4.78, 5) is 14.9. The second-order valence-corrected chi connectivity index (χ2v) is 11.2. The number of nitrogens with one attached hydrogen (secondary N) is 2. The van der Waals surface area contributed by atoms with E-state index in [4.69, 9.17) is 47.7 Å². The fraction of sp³-hybridized carbons (Fsp3) is 0.500. The van der Waals surface area contributed by atoms with Crippen molar-refractivity contribution in [3.05, 3.63) is 52.0 Å². The van der Waals surface area contributed by atoms with E-state index in [2.05, 4.69) is 10.1 Å². The lowest BCUT2D eigenvalue weighted by atomic mass is 10.1. The van der Waals surface area contributed by atoms with E-state index in [1.165, 1.54) is 31.3 Å². The number of benzene rings is 1. The van der Waals surface area contributed by atoms with Gasteiger partial charge in [0.25, 0.3) is 0 Å². The Morgan fingerprint density at radius 1 is 1.27 bits per heavy atom. The number of rotatable bonds is 10. The lowest BCUT2D eigenvalue weighted by Gasteiger charge is -2.42. The van der Waals surface area contributed by atoms with E-state index in [-0.39, 0.29) is 10.5 Å². The van der Waals surface area contributed by atoms with Crippen LogP contribution >= 0.6 is 32.2 Å². The van der Waals surface area contributed by atoms with Gasteiger partial charge in [0.1, 0.15) is 23.0 Å². The summed E-state index contributed by atoms with van der Waals surface area (Å²) in [7, 11) is -4.44. The van der Waals surface area contributed by atoms with Crippen molar-refractivity contribution in [1.29, 1.82) is 0 Å². The van der Waals surface area contributed by atoms with Gasteiger partial charge in [-0.05, 0) is 58.1 Å².